The summed E-state index contributed by atoms with van der Waals surface area (Å²) in [6.45, 7) is 3.98. The number of anilines is 1. The molecule has 6 heteroatoms. The number of amides is 2. The number of hydrogen-bond donors (Lipinski definition) is 1. The minimum atomic E-state index is -0.470. The van der Waals surface area contributed by atoms with Gasteiger partial charge in [0.05, 0.1) is 17.7 Å². The minimum Gasteiger partial charge on any atom is -0.472 e. The molecule has 120 valence electrons. The molecule has 2 aromatic rings. The predicted molar refractivity (Wildman–Crippen MR) is 90.5 cm³/mol. The molecule has 0 spiro atoms. The molecule has 1 aliphatic rings. The van der Waals surface area contributed by atoms with Crippen molar-refractivity contribution in [3.8, 4) is 0 Å². The zero-order valence-electron chi connectivity index (χ0n) is 13.0. The summed E-state index contributed by atoms with van der Waals surface area (Å²) >= 11 is 1.58. The van der Waals surface area contributed by atoms with Crippen LogP contribution in [0.5, 0.6) is 0 Å². The summed E-state index contributed by atoms with van der Waals surface area (Å²) in [6.07, 6.45) is 2.87. The van der Waals surface area contributed by atoms with E-state index >= 15 is 0 Å². The average Bonchev–Trinajstić information content (AvgIpc) is 3.21. The zero-order valence-corrected chi connectivity index (χ0v) is 13.9. The first-order valence-corrected chi connectivity index (χ1v) is 8.51. The van der Waals surface area contributed by atoms with Crippen LogP contribution in [0.3, 0.4) is 0 Å². The molecule has 0 unspecified atom stereocenters. The standard InChI is InChI=1S/C17H18N2O3S/c1-11-4-3-5-14(12(11)2)18-16(20)15-9-23-10-19(15)17(21)13-6-7-22-8-13/h3-8,15H,9-10H2,1-2H3,(H,18,20)/t15-/m1/s1. The van der Waals surface area contributed by atoms with Gasteiger partial charge >= 0.3 is 0 Å². The van der Waals surface area contributed by atoms with Crippen molar-refractivity contribution in [2.45, 2.75) is 19.9 Å². The smallest absolute Gasteiger partial charge is 0.258 e. The van der Waals surface area contributed by atoms with Crippen molar-refractivity contribution < 1.29 is 14.0 Å². The van der Waals surface area contributed by atoms with E-state index < -0.39 is 6.04 Å². The van der Waals surface area contributed by atoms with E-state index in [1.807, 2.05) is 32.0 Å². The van der Waals surface area contributed by atoms with Crippen LogP contribution in [-0.4, -0.2) is 34.4 Å². The highest BCUT2D eigenvalue weighted by Crippen LogP contribution is 2.25. The number of carbonyl (C=O) groups is 2. The van der Waals surface area contributed by atoms with Gasteiger partial charge in [-0.3, -0.25) is 9.59 Å². The predicted octanol–water partition coefficient (Wildman–Crippen LogP) is 3.05. The van der Waals surface area contributed by atoms with E-state index in [1.54, 1.807) is 22.7 Å². The molecule has 0 bridgehead atoms. The fourth-order valence-electron chi connectivity index (χ4n) is 2.51. The number of thioether (sulfide) groups is 1. The number of furan rings is 1. The van der Waals surface area contributed by atoms with Gasteiger partial charge in [-0.05, 0) is 37.1 Å². The van der Waals surface area contributed by atoms with Crippen molar-refractivity contribution in [2.24, 2.45) is 0 Å². The maximum Gasteiger partial charge on any atom is 0.258 e. The molecule has 3 rings (SSSR count). The fraction of sp³-hybridized carbons (Fsp3) is 0.294. The first-order valence-electron chi connectivity index (χ1n) is 7.36. The third-order valence-corrected chi connectivity index (χ3v) is 5.09. The normalized spacial score (nSPS) is 17.3. The Morgan fingerprint density at radius 2 is 2.13 bits per heavy atom. The summed E-state index contributed by atoms with van der Waals surface area (Å²) in [7, 11) is 0. The lowest BCUT2D eigenvalue weighted by Crippen LogP contribution is -2.44. The lowest BCUT2D eigenvalue weighted by atomic mass is 10.1. The van der Waals surface area contributed by atoms with Gasteiger partial charge in [0, 0.05) is 11.4 Å². The van der Waals surface area contributed by atoms with Gasteiger partial charge in [-0.15, -0.1) is 11.8 Å². The Morgan fingerprint density at radius 1 is 1.30 bits per heavy atom. The number of benzene rings is 1. The highest BCUT2D eigenvalue weighted by atomic mass is 32.2. The second-order valence-electron chi connectivity index (χ2n) is 5.54. The maximum absolute atomic E-state index is 12.6. The Balaban J connectivity index is 1.76. The van der Waals surface area contributed by atoms with Crippen LogP contribution < -0.4 is 5.32 Å². The molecule has 1 fully saturated rings. The van der Waals surface area contributed by atoms with Crippen LogP contribution in [0, 0.1) is 13.8 Å². The summed E-state index contributed by atoms with van der Waals surface area (Å²) in [5.74, 6) is 0.778. The molecule has 2 heterocycles. The molecule has 1 saturated heterocycles. The van der Waals surface area contributed by atoms with Crippen LogP contribution in [0.15, 0.2) is 41.2 Å². The van der Waals surface area contributed by atoms with E-state index in [9.17, 15) is 9.59 Å². The van der Waals surface area contributed by atoms with Crippen molar-refractivity contribution in [3.63, 3.8) is 0 Å². The SMILES string of the molecule is Cc1cccc(NC(=O)[C@H]2CSCN2C(=O)c2ccoc2)c1C. The quantitative estimate of drug-likeness (QED) is 0.939. The topological polar surface area (TPSA) is 62.6 Å². The molecule has 1 N–H and O–H groups in total. The number of nitrogens with zero attached hydrogens (tertiary/aromatic N) is 1. The fourth-order valence-corrected chi connectivity index (χ4v) is 3.67. The molecular formula is C17H18N2O3S. The molecule has 2 amide bonds. The van der Waals surface area contributed by atoms with Gasteiger partial charge < -0.3 is 14.6 Å². The molecule has 1 atom stereocenters. The first kappa shape index (κ1) is 15.7. The second-order valence-corrected chi connectivity index (χ2v) is 6.54. The Hall–Kier alpha value is -2.21. The van der Waals surface area contributed by atoms with Gasteiger partial charge in [-0.2, -0.15) is 0 Å². The molecule has 0 saturated carbocycles. The highest BCUT2D eigenvalue weighted by molar-refractivity contribution is 7.99. The van der Waals surface area contributed by atoms with Crippen molar-refractivity contribution in [1.29, 1.82) is 0 Å². The van der Waals surface area contributed by atoms with Gasteiger partial charge in [0.2, 0.25) is 5.91 Å². The van der Waals surface area contributed by atoms with E-state index in [2.05, 4.69) is 5.32 Å². The molecule has 1 aromatic carbocycles. The van der Waals surface area contributed by atoms with Crippen molar-refractivity contribution in [1.82, 2.24) is 4.90 Å². The average molecular weight is 330 g/mol. The number of hydrogen-bond acceptors (Lipinski definition) is 4. The number of aryl methyl sites for hydroxylation is 1. The molecule has 0 aliphatic carbocycles. The van der Waals surface area contributed by atoms with Crippen molar-refractivity contribution in [3.05, 3.63) is 53.5 Å². The van der Waals surface area contributed by atoms with E-state index in [4.69, 9.17) is 4.42 Å². The largest absolute Gasteiger partial charge is 0.472 e. The number of carbonyl (C=O) groups excluding carboxylic acids is 2. The van der Waals surface area contributed by atoms with Crippen LogP contribution in [0.2, 0.25) is 0 Å². The van der Waals surface area contributed by atoms with E-state index in [0.29, 0.717) is 17.2 Å². The van der Waals surface area contributed by atoms with Gasteiger partial charge in [0.15, 0.2) is 0 Å². The van der Waals surface area contributed by atoms with Crippen molar-refractivity contribution in [2.75, 3.05) is 16.9 Å². The molecule has 1 aromatic heterocycles. The van der Waals surface area contributed by atoms with Gasteiger partial charge in [-0.1, -0.05) is 12.1 Å². The zero-order chi connectivity index (χ0) is 16.4. The second kappa shape index (κ2) is 6.50. The van der Waals surface area contributed by atoms with E-state index in [1.165, 1.54) is 12.5 Å². The Morgan fingerprint density at radius 3 is 2.87 bits per heavy atom. The third-order valence-electron chi connectivity index (χ3n) is 4.08. The van der Waals surface area contributed by atoms with Gasteiger partial charge in [0.25, 0.3) is 5.91 Å². The molecule has 0 radical (unpaired) electrons. The van der Waals surface area contributed by atoms with Gasteiger partial charge in [-0.25, -0.2) is 0 Å². The maximum atomic E-state index is 12.6. The van der Waals surface area contributed by atoms with Crippen molar-refractivity contribution >= 4 is 29.3 Å². The Bertz CT molecular complexity index is 727. The van der Waals surface area contributed by atoms with Gasteiger partial charge in [0.1, 0.15) is 12.3 Å². The molecule has 23 heavy (non-hydrogen) atoms. The summed E-state index contributed by atoms with van der Waals surface area (Å²) in [5.41, 5.74) is 3.42. The van der Waals surface area contributed by atoms with Crippen LogP contribution in [0.4, 0.5) is 5.69 Å². The monoisotopic (exact) mass is 330 g/mol. The van der Waals surface area contributed by atoms with Crippen LogP contribution >= 0.6 is 11.8 Å². The highest BCUT2D eigenvalue weighted by Gasteiger charge is 2.35. The minimum absolute atomic E-state index is 0.152. The van der Waals surface area contributed by atoms with Crippen LogP contribution in [-0.2, 0) is 4.79 Å². The molecular weight excluding hydrogens is 312 g/mol. The molecule has 1 aliphatic heterocycles. The Labute approximate surface area is 139 Å². The van der Waals surface area contributed by atoms with Crippen LogP contribution in [0.25, 0.3) is 0 Å². The third kappa shape index (κ3) is 3.12. The van der Waals surface area contributed by atoms with E-state index in [0.717, 1.165) is 16.8 Å². The lowest BCUT2D eigenvalue weighted by molar-refractivity contribution is -0.119. The molecule has 5 nitrogen and oxygen atoms in total. The number of nitrogens with one attached hydrogen (secondary N) is 1. The first-order chi connectivity index (χ1) is 11.1. The number of rotatable bonds is 3. The van der Waals surface area contributed by atoms with E-state index in [-0.39, 0.29) is 11.8 Å². The summed E-state index contributed by atoms with van der Waals surface area (Å²) in [5, 5.41) is 2.95. The summed E-state index contributed by atoms with van der Waals surface area (Å²) < 4.78 is 4.96. The van der Waals surface area contributed by atoms with Crippen LogP contribution in [0.1, 0.15) is 21.5 Å². The summed E-state index contributed by atoms with van der Waals surface area (Å²) in [4.78, 5) is 26.7. The Kier molecular flexibility index (Phi) is 4.43. The lowest BCUT2D eigenvalue weighted by Gasteiger charge is -2.23. The summed E-state index contributed by atoms with van der Waals surface area (Å²) in [6, 6.07) is 6.94.